The standard InChI is InChI=1S/C12H21NO3/c14-11-7-4-6-9(11)13-8-3-1-2-5-10(13)12(15)16/h9-11,14H,1-8H2,(H,15,16). The topological polar surface area (TPSA) is 60.8 Å². The van der Waals surface area contributed by atoms with Gasteiger partial charge in [-0.2, -0.15) is 0 Å². The Balaban J connectivity index is 2.10. The van der Waals surface area contributed by atoms with Crippen LogP contribution in [0.5, 0.6) is 0 Å². The van der Waals surface area contributed by atoms with E-state index in [1.54, 1.807) is 0 Å². The Hall–Kier alpha value is -0.610. The summed E-state index contributed by atoms with van der Waals surface area (Å²) in [7, 11) is 0. The van der Waals surface area contributed by atoms with Crippen LogP contribution in [0.3, 0.4) is 0 Å². The third kappa shape index (κ3) is 2.38. The molecule has 3 unspecified atom stereocenters. The van der Waals surface area contributed by atoms with E-state index < -0.39 is 5.97 Å². The predicted octanol–water partition coefficient (Wildman–Crippen LogP) is 1.23. The second-order valence-corrected chi connectivity index (χ2v) is 5.01. The van der Waals surface area contributed by atoms with E-state index in [4.69, 9.17) is 0 Å². The molecule has 2 aliphatic rings. The minimum Gasteiger partial charge on any atom is -0.480 e. The fourth-order valence-corrected chi connectivity index (χ4v) is 3.10. The number of carboxylic acids is 1. The summed E-state index contributed by atoms with van der Waals surface area (Å²) >= 11 is 0. The Bertz CT molecular complexity index is 257. The fraction of sp³-hybridized carbons (Fsp3) is 0.917. The SMILES string of the molecule is O=C(O)C1CCCCCN1C1CCCC1O. The maximum Gasteiger partial charge on any atom is 0.320 e. The number of hydrogen-bond acceptors (Lipinski definition) is 3. The van der Waals surface area contributed by atoms with Crippen molar-refractivity contribution in [1.29, 1.82) is 0 Å². The molecule has 1 saturated heterocycles. The Kier molecular flexibility index (Phi) is 3.82. The van der Waals surface area contributed by atoms with E-state index in [9.17, 15) is 15.0 Å². The van der Waals surface area contributed by atoms with E-state index in [0.717, 1.165) is 51.5 Å². The lowest BCUT2D eigenvalue weighted by atomic mass is 10.1. The van der Waals surface area contributed by atoms with Crippen molar-refractivity contribution >= 4 is 5.97 Å². The van der Waals surface area contributed by atoms with Gasteiger partial charge in [-0.25, -0.2) is 0 Å². The largest absolute Gasteiger partial charge is 0.480 e. The molecule has 2 fully saturated rings. The fourth-order valence-electron chi connectivity index (χ4n) is 3.10. The third-order valence-electron chi connectivity index (χ3n) is 3.95. The predicted molar refractivity (Wildman–Crippen MR) is 60.2 cm³/mol. The first kappa shape index (κ1) is 11.9. The highest BCUT2D eigenvalue weighted by Crippen LogP contribution is 2.29. The van der Waals surface area contributed by atoms with Crippen molar-refractivity contribution in [3.05, 3.63) is 0 Å². The zero-order valence-corrected chi connectivity index (χ0v) is 9.64. The first-order chi connectivity index (χ1) is 7.70. The van der Waals surface area contributed by atoms with Crippen molar-refractivity contribution in [2.24, 2.45) is 0 Å². The van der Waals surface area contributed by atoms with Crippen LogP contribution in [0.25, 0.3) is 0 Å². The highest BCUT2D eigenvalue weighted by Gasteiger charge is 2.37. The zero-order chi connectivity index (χ0) is 11.5. The molecule has 92 valence electrons. The summed E-state index contributed by atoms with van der Waals surface area (Å²) in [6, 6.07) is -0.292. The number of aliphatic hydroxyl groups is 1. The maximum absolute atomic E-state index is 11.3. The maximum atomic E-state index is 11.3. The molecule has 2 N–H and O–H groups in total. The summed E-state index contributed by atoms with van der Waals surface area (Å²) in [4.78, 5) is 13.3. The molecule has 0 aromatic heterocycles. The Morgan fingerprint density at radius 1 is 1.06 bits per heavy atom. The van der Waals surface area contributed by atoms with Crippen LogP contribution < -0.4 is 0 Å². The molecule has 3 atom stereocenters. The van der Waals surface area contributed by atoms with Gasteiger partial charge in [0.25, 0.3) is 0 Å². The summed E-state index contributed by atoms with van der Waals surface area (Å²) in [6.45, 7) is 0.832. The summed E-state index contributed by atoms with van der Waals surface area (Å²) in [6.07, 6.45) is 6.39. The Morgan fingerprint density at radius 3 is 2.50 bits per heavy atom. The molecule has 16 heavy (non-hydrogen) atoms. The van der Waals surface area contributed by atoms with Gasteiger partial charge in [0.1, 0.15) is 6.04 Å². The lowest BCUT2D eigenvalue weighted by molar-refractivity contribution is -0.145. The van der Waals surface area contributed by atoms with Gasteiger partial charge >= 0.3 is 5.97 Å². The molecule has 1 aliphatic carbocycles. The first-order valence-corrected chi connectivity index (χ1v) is 6.37. The number of aliphatic carboxylic acids is 1. The molecule has 0 radical (unpaired) electrons. The Morgan fingerprint density at radius 2 is 1.88 bits per heavy atom. The second-order valence-electron chi connectivity index (χ2n) is 5.01. The number of hydrogen-bond donors (Lipinski definition) is 2. The van der Waals surface area contributed by atoms with Gasteiger partial charge in [0, 0.05) is 6.04 Å². The van der Waals surface area contributed by atoms with Crippen molar-refractivity contribution in [3.8, 4) is 0 Å². The summed E-state index contributed by atoms with van der Waals surface area (Å²) in [5.74, 6) is -0.721. The van der Waals surface area contributed by atoms with Crippen LogP contribution in [0.15, 0.2) is 0 Å². The van der Waals surface area contributed by atoms with E-state index >= 15 is 0 Å². The van der Waals surface area contributed by atoms with Gasteiger partial charge in [-0.1, -0.05) is 12.8 Å². The van der Waals surface area contributed by atoms with Crippen LogP contribution in [-0.2, 0) is 4.79 Å². The molecule has 2 rings (SSSR count). The van der Waals surface area contributed by atoms with E-state index in [-0.39, 0.29) is 18.2 Å². The average molecular weight is 227 g/mol. The normalized spacial score (nSPS) is 37.2. The smallest absolute Gasteiger partial charge is 0.320 e. The molecule has 0 aromatic carbocycles. The lowest BCUT2D eigenvalue weighted by Gasteiger charge is -2.34. The molecule has 0 amide bonds. The van der Waals surface area contributed by atoms with Crippen molar-refractivity contribution in [2.45, 2.75) is 63.1 Å². The highest BCUT2D eigenvalue weighted by atomic mass is 16.4. The van der Waals surface area contributed by atoms with Crippen LogP contribution in [-0.4, -0.2) is 45.8 Å². The molecule has 0 aromatic rings. The number of likely N-dealkylation sites (tertiary alicyclic amines) is 1. The van der Waals surface area contributed by atoms with E-state index in [0.29, 0.717) is 0 Å². The minimum atomic E-state index is -0.721. The van der Waals surface area contributed by atoms with E-state index in [1.165, 1.54) is 0 Å². The quantitative estimate of drug-likeness (QED) is 0.745. The number of aliphatic hydroxyl groups excluding tert-OH is 1. The number of carboxylic acid groups (broad SMARTS) is 1. The summed E-state index contributed by atoms with van der Waals surface area (Å²) in [5, 5.41) is 19.2. The zero-order valence-electron chi connectivity index (χ0n) is 9.64. The minimum absolute atomic E-state index is 0.0826. The molecule has 4 heteroatoms. The number of carbonyl (C=O) groups is 1. The highest BCUT2D eigenvalue weighted by molar-refractivity contribution is 5.73. The van der Waals surface area contributed by atoms with Gasteiger partial charge in [0.15, 0.2) is 0 Å². The van der Waals surface area contributed by atoms with Gasteiger partial charge in [-0.3, -0.25) is 9.69 Å². The van der Waals surface area contributed by atoms with Crippen LogP contribution in [0.1, 0.15) is 44.9 Å². The van der Waals surface area contributed by atoms with Crippen LogP contribution in [0.4, 0.5) is 0 Å². The Labute approximate surface area is 96.3 Å². The second kappa shape index (κ2) is 5.15. The molecule has 1 saturated carbocycles. The monoisotopic (exact) mass is 227 g/mol. The van der Waals surface area contributed by atoms with Crippen molar-refractivity contribution in [2.75, 3.05) is 6.54 Å². The van der Waals surface area contributed by atoms with Gasteiger partial charge < -0.3 is 10.2 Å². The third-order valence-corrected chi connectivity index (χ3v) is 3.95. The van der Waals surface area contributed by atoms with Crippen molar-refractivity contribution in [1.82, 2.24) is 4.90 Å². The average Bonchev–Trinajstić information content (AvgIpc) is 2.54. The lowest BCUT2D eigenvalue weighted by Crippen LogP contribution is -2.49. The summed E-state index contributed by atoms with van der Waals surface area (Å²) in [5.41, 5.74) is 0. The van der Waals surface area contributed by atoms with Crippen LogP contribution >= 0.6 is 0 Å². The van der Waals surface area contributed by atoms with E-state index in [1.807, 2.05) is 4.90 Å². The molecule has 1 heterocycles. The van der Waals surface area contributed by atoms with Crippen LogP contribution in [0.2, 0.25) is 0 Å². The van der Waals surface area contributed by atoms with Crippen LogP contribution in [0, 0.1) is 0 Å². The molecular weight excluding hydrogens is 206 g/mol. The van der Waals surface area contributed by atoms with E-state index in [2.05, 4.69) is 0 Å². The number of rotatable bonds is 2. The van der Waals surface area contributed by atoms with Crippen molar-refractivity contribution in [3.63, 3.8) is 0 Å². The molecule has 1 aliphatic heterocycles. The van der Waals surface area contributed by atoms with Gasteiger partial charge in [0.2, 0.25) is 0 Å². The summed E-state index contributed by atoms with van der Waals surface area (Å²) < 4.78 is 0. The molecular formula is C12H21NO3. The number of nitrogens with zero attached hydrogens (tertiary/aromatic N) is 1. The molecule has 0 spiro atoms. The molecule has 4 nitrogen and oxygen atoms in total. The van der Waals surface area contributed by atoms with Gasteiger partial charge in [-0.15, -0.1) is 0 Å². The first-order valence-electron chi connectivity index (χ1n) is 6.37. The van der Waals surface area contributed by atoms with Gasteiger partial charge in [0.05, 0.1) is 6.10 Å². The molecule has 0 bridgehead atoms. The van der Waals surface area contributed by atoms with Crippen molar-refractivity contribution < 1.29 is 15.0 Å². The van der Waals surface area contributed by atoms with Gasteiger partial charge in [-0.05, 0) is 38.6 Å².